The molecule has 0 amide bonds. The van der Waals surface area contributed by atoms with Gasteiger partial charge in [0.05, 0.1) is 5.69 Å². The molecule has 1 aromatic carbocycles. The van der Waals surface area contributed by atoms with E-state index in [4.69, 9.17) is 0 Å². The summed E-state index contributed by atoms with van der Waals surface area (Å²) >= 11 is 0. The first-order valence-corrected chi connectivity index (χ1v) is 7.01. The van der Waals surface area contributed by atoms with Crippen LogP contribution >= 0.6 is 0 Å². The van der Waals surface area contributed by atoms with E-state index in [0.717, 1.165) is 32.4 Å². The highest BCUT2D eigenvalue weighted by atomic mass is 19.1. The number of carbonyl (C=O) groups is 1. The molecule has 0 atom stereocenters. The van der Waals surface area contributed by atoms with Crippen molar-refractivity contribution >= 4 is 11.5 Å². The van der Waals surface area contributed by atoms with Gasteiger partial charge in [-0.3, -0.25) is 4.79 Å². The summed E-state index contributed by atoms with van der Waals surface area (Å²) in [4.78, 5) is 13.7. The van der Waals surface area contributed by atoms with Gasteiger partial charge in [-0.25, -0.2) is 4.39 Å². The van der Waals surface area contributed by atoms with E-state index in [1.807, 2.05) is 4.90 Å². The molecule has 0 spiro atoms. The first kappa shape index (κ1) is 14.0. The smallest absolute Gasteiger partial charge is 0.161 e. The van der Waals surface area contributed by atoms with Gasteiger partial charge in [-0.1, -0.05) is 26.3 Å². The maximum Gasteiger partial charge on any atom is 0.161 e. The summed E-state index contributed by atoms with van der Waals surface area (Å²) in [7, 11) is 0. The third-order valence-electron chi connectivity index (χ3n) is 4.51. The fraction of sp³-hybridized carbons (Fsp3) is 0.562. The second-order valence-corrected chi connectivity index (χ2v) is 5.84. The van der Waals surface area contributed by atoms with Gasteiger partial charge >= 0.3 is 0 Å². The average Bonchev–Trinajstić information content (AvgIpc) is 2.40. The van der Waals surface area contributed by atoms with Gasteiger partial charge in [-0.05, 0) is 37.3 Å². The van der Waals surface area contributed by atoms with Crippen molar-refractivity contribution in [2.24, 2.45) is 5.41 Å². The Morgan fingerprint density at radius 2 is 2.00 bits per heavy atom. The normalized spacial score (nSPS) is 18.4. The van der Waals surface area contributed by atoms with E-state index in [-0.39, 0.29) is 11.6 Å². The van der Waals surface area contributed by atoms with Crippen LogP contribution in [0.15, 0.2) is 18.2 Å². The molecule has 1 aliphatic rings. The monoisotopic (exact) mass is 263 g/mol. The fourth-order valence-electron chi connectivity index (χ4n) is 2.74. The van der Waals surface area contributed by atoms with Gasteiger partial charge in [0, 0.05) is 18.7 Å². The van der Waals surface area contributed by atoms with Crippen molar-refractivity contribution in [1.82, 2.24) is 0 Å². The maximum absolute atomic E-state index is 14.1. The molecular formula is C16H22FNO. The minimum absolute atomic E-state index is 0.0710. The van der Waals surface area contributed by atoms with Crippen LogP contribution in [0.3, 0.4) is 0 Å². The summed E-state index contributed by atoms with van der Waals surface area (Å²) in [5.74, 6) is -0.355. The summed E-state index contributed by atoms with van der Waals surface area (Å²) in [5.41, 5.74) is 1.35. The molecule has 0 N–H and O–H groups in total. The Morgan fingerprint density at radius 1 is 1.37 bits per heavy atom. The summed E-state index contributed by atoms with van der Waals surface area (Å²) in [6.45, 7) is 7.65. The van der Waals surface area contributed by atoms with E-state index in [1.165, 1.54) is 13.0 Å². The van der Waals surface area contributed by atoms with Gasteiger partial charge in [0.1, 0.15) is 5.82 Å². The second-order valence-electron chi connectivity index (χ2n) is 5.84. The lowest BCUT2D eigenvalue weighted by molar-refractivity contribution is 0.101. The molecule has 3 heteroatoms. The Kier molecular flexibility index (Phi) is 3.93. The average molecular weight is 263 g/mol. The lowest BCUT2D eigenvalue weighted by Crippen LogP contribution is -2.39. The van der Waals surface area contributed by atoms with Crippen LogP contribution in [-0.4, -0.2) is 18.9 Å². The summed E-state index contributed by atoms with van der Waals surface area (Å²) in [6, 6.07) is 4.76. The number of para-hydroxylation sites is 1. The zero-order valence-corrected chi connectivity index (χ0v) is 12.0. The Labute approximate surface area is 114 Å². The molecule has 2 rings (SSSR count). The maximum atomic E-state index is 14.1. The van der Waals surface area contributed by atoms with E-state index in [1.54, 1.807) is 12.1 Å². The molecule has 1 fully saturated rings. The summed E-state index contributed by atoms with van der Waals surface area (Å²) in [6.07, 6.45) is 3.25. The highest BCUT2D eigenvalue weighted by Crippen LogP contribution is 2.37. The molecule has 1 aliphatic heterocycles. The highest BCUT2D eigenvalue weighted by molar-refractivity contribution is 5.99. The van der Waals surface area contributed by atoms with E-state index in [0.29, 0.717) is 16.7 Å². The standard InChI is InChI=1S/C16H22FNO/c1-4-16(3)8-10-18(11-9-16)15-13(12(2)19)6-5-7-14(15)17/h5-7H,4,8-11H2,1-3H3. The molecule has 0 radical (unpaired) electrons. The van der Waals surface area contributed by atoms with Crippen molar-refractivity contribution in [3.05, 3.63) is 29.6 Å². The fourth-order valence-corrected chi connectivity index (χ4v) is 2.74. The predicted octanol–water partition coefficient (Wildman–Crippen LogP) is 4.04. The number of hydrogen-bond acceptors (Lipinski definition) is 2. The van der Waals surface area contributed by atoms with E-state index in [2.05, 4.69) is 13.8 Å². The molecule has 1 heterocycles. The number of halogens is 1. The van der Waals surface area contributed by atoms with Crippen LogP contribution < -0.4 is 4.90 Å². The number of hydrogen-bond donors (Lipinski definition) is 0. The van der Waals surface area contributed by atoms with Crippen LogP contribution in [0.5, 0.6) is 0 Å². The number of rotatable bonds is 3. The minimum atomic E-state index is -0.284. The van der Waals surface area contributed by atoms with Gasteiger partial charge in [0.2, 0.25) is 0 Å². The van der Waals surface area contributed by atoms with E-state index in [9.17, 15) is 9.18 Å². The molecule has 0 aliphatic carbocycles. The predicted molar refractivity (Wildman–Crippen MR) is 76.2 cm³/mol. The van der Waals surface area contributed by atoms with Crippen molar-refractivity contribution in [2.75, 3.05) is 18.0 Å². The van der Waals surface area contributed by atoms with Crippen LogP contribution in [0.25, 0.3) is 0 Å². The molecule has 0 bridgehead atoms. The molecular weight excluding hydrogens is 241 g/mol. The highest BCUT2D eigenvalue weighted by Gasteiger charge is 2.30. The lowest BCUT2D eigenvalue weighted by Gasteiger charge is -2.40. The first-order valence-electron chi connectivity index (χ1n) is 7.01. The Hall–Kier alpha value is -1.38. The molecule has 0 aromatic heterocycles. The molecule has 2 nitrogen and oxygen atoms in total. The van der Waals surface area contributed by atoms with Crippen LogP contribution in [0.4, 0.5) is 10.1 Å². The van der Waals surface area contributed by atoms with Crippen LogP contribution in [0.2, 0.25) is 0 Å². The molecule has 1 aromatic rings. The van der Waals surface area contributed by atoms with Crippen molar-refractivity contribution in [3.8, 4) is 0 Å². The van der Waals surface area contributed by atoms with Crippen LogP contribution in [-0.2, 0) is 0 Å². The van der Waals surface area contributed by atoms with Gasteiger partial charge in [0.15, 0.2) is 5.78 Å². The van der Waals surface area contributed by atoms with Gasteiger partial charge in [-0.15, -0.1) is 0 Å². The number of nitrogens with zero attached hydrogens (tertiary/aromatic N) is 1. The molecule has 19 heavy (non-hydrogen) atoms. The van der Waals surface area contributed by atoms with Gasteiger partial charge in [-0.2, -0.15) is 0 Å². The lowest BCUT2D eigenvalue weighted by atomic mass is 9.78. The molecule has 104 valence electrons. The van der Waals surface area contributed by atoms with Crippen molar-refractivity contribution in [2.45, 2.75) is 40.0 Å². The molecule has 0 unspecified atom stereocenters. The first-order chi connectivity index (χ1) is 8.97. The van der Waals surface area contributed by atoms with Crippen molar-refractivity contribution < 1.29 is 9.18 Å². The third kappa shape index (κ3) is 2.80. The van der Waals surface area contributed by atoms with Crippen LogP contribution in [0.1, 0.15) is 50.4 Å². The SMILES string of the molecule is CCC1(C)CCN(c2c(F)cccc2C(C)=O)CC1. The number of carbonyl (C=O) groups excluding carboxylic acids is 1. The Balaban J connectivity index is 2.27. The third-order valence-corrected chi connectivity index (χ3v) is 4.51. The topological polar surface area (TPSA) is 20.3 Å². The Bertz CT molecular complexity index is 476. The number of anilines is 1. The molecule has 1 saturated heterocycles. The zero-order valence-electron chi connectivity index (χ0n) is 12.0. The van der Waals surface area contributed by atoms with Gasteiger partial charge in [0.25, 0.3) is 0 Å². The number of benzene rings is 1. The summed E-state index contributed by atoms with van der Waals surface area (Å²) < 4.78 is 14.1. The second kappa shape index (κ2) is 5.32. The quantitative estimate of drug-likeness (QED) is 0.767. The summed E-state index contributed by atoms with van der Waals surface area (Å²) in [5, 5.41) is 0. The largest absolute Gasteiger partial charge is 0.369 e. The van der Waals surface area contributed by atoms with Crippen molar-refractivity contribution in [1.29, 1.82) is 0 Å². The van der Waals surface area contributed by atoms with E-state index >= 15 is 0 Å². The minimum Gasteiger partial charge on any atom is -0.369 e. The molecule has 0 saturated carbocycles. The van der Waals surface area contributed by atoms with Gasteiger partial charge < -0.3 is 4.90 Å². The number of piperidine rings is 1. The number of ketones is 1. The zero-order chi connectivity index (χ0) is 14.0. The van der Waals surface area contributed by atoms with Crippen molar-refractivity contribution in [3.63, 3.8) is 0 Å². The van der Waals surface area contributed by atoms with Crippen LogP contribution in [0, 0.1) is 11.2 Å². The van der Waals surface area contributed by atoms with E-state index < -0.39 is 0 Å². The Morgan fingerprint density at radius 3 is 2.53 bits per heavy atom. The number of Topliss-reactive ketones (excluding diaryl/α,β-unsaturated/α-hetero) is 1.